The SMILES string of the molecule is O=C(/C=C/c1ccc(F)c(Cl)c1)Nc1ccccc1N1CCCC1. The maximum Gasteiger partial charge on any atom is 0.248 e. The van der Waals surface area contributed by atoms with Crippen molar-refractivity contribution in [1.82, 2.24) is 0 Å². The van der Waals surface area contributed by atoms with Crippen molar-refractivity contribution in [2.75, 3.05) is 23.3 Å². The molecule has 1 saturated heterocycles. The van der Waals surface area contributed by atoms with Crippen molar-refractivity contribution >= 4 is 35.0 Å². The predicted molar refractivity (Wildman–Crippen MR) is 97.0 cm³/mol. The van der Waals surface area contributed by atoms with Crippen molar-refractivity contribution < 1.29 is 9.18 Å². The van der Waals surface area contributed by atoms with Gasteiger partial charge < -0.3 is 10.2 Å². The Morgan fingerprint density at radius 3 is 2.67 bits per heavy atom. The molecule has 24 heavy (non-hydrogen) atoms. The first kappa shape index (κ1) is 16.5. The summed E-state index contributed by atoms with van der Waals surface area (Å²) in [7, 11) is 0. The van der Waals surface area contributed by atoms with E-state index in [4.69, 9.17) is 11.6 Å². The Hall–Kier alpha value is -2.33. The molecule has 1 amide bonds. The first-order chi connectivity index (χ1) is 11.6. The van der Waals surface area contributed by atoms with Gasteiger partial charge in [0.05, 0.1) is 16.4 Å². The van der Waals surface area contributed by atoms with Crippen molar-refractivity contribution in [3.05, 3.63) is 64.9 Å². The molecule has 2 aromatic carbocycles. The Labute approximate surface area is 145 Å². The summed E-state index contributed by atoms with van der Waals surface area (Å²) in [5.41, 5.74) is 2.51. The van der Waals surface area contributed by atoms with Gasteiger partial charge in [-0.3, -0.25) is 4.79 Å². The fourth-order valence-corrected chi connectivity index (χ4v) is 2.96. The van der Waals surface area contributed by atoms with Crippen molar-refractivity contribution in [1.29, 1.82) is 0 Å². The molecule has 1 aliphatic rings. The molecule has 0 unspecified atom stereocenters. The van der Waals surface area contributed by atoms with Crippen LogP contribution in [0.4, 0.5) is 15.8 Å². The van der Waals surface area contributed by atoms with Crippen LogP contribution in [-0.4, -0.2) is 19.0 Å². The van der Waals surface area contributed by atoms with E-state index >= 15 is 0 Å². The molecule has 0 aliphatic carbocycles. The molecule has 5 heteroatoms. The van der Waals surface area contributed by atoms with Gasteiger partial charge in [0.2, 0.25) is 5.91 Å². The van der Waals surface area contributed by atoms with Gasteiger partial charge in [-0.2, -0.15) is 0 Å². The normalized spacial score (nSPS) is 14.3. The van der Waals surface area contributed by atoms with Gasteiger partial charge in [-0.25, -0.2) is 4.39 Å². The molecule has 1 aliphatic heterocycles. The molecule has 0 spiro atoms. The van der Waals surface area contributed by atoms with E-state index in [1.54, 1.807) is 12.1 Å². The Kier molecular flexibility index (Phi) is 5.16. The molecule has 0 saturated carbocycles. The fraction of sp³-hybridized carbons (Fsp3) is 0.211. The lowest BCUT2D eigenvalue weighted by Gasteiger charge is -2.21. The summed E-state index contributed by atoms with van der Waals surface area (Å²) >= 11 is 5.74. The lowest BCUT2D eigenvalue weighted by Crippen LogP contribution is -2.20. The topological polar surface area (TPSA) is 32.3 Å². The van der Waals surface area contributed by atoms with Gasteiger partial charge in [-0.1, -0.05) is 29.8 Å². The minimum atomic E-state index is -0.474. The molecule has 0 atom stereocenters. The monoisotopic (exact) mass is 344 g/mol. The molecule has 1 N–H and O–H groups in total. The summed E-state index contributed by atoms with van der Waals surface area (Å²) < 4.78 is 13.1. The molecule has 3 nitrogen and oxygen atoms in total. The number of hydrogen-bond acceptors (Lipinski definition) is 2. The van der Waals surface area contributed by atoms with Crippen LogP contribution in [0, 0.1) is 5.82 Å². The molecule has 1 heterocycles. The third-order valence-electron chi connectivity index (χ3n) is 3.98. The van der Waals surface area contributed by atoms with Crippen LogP contribution in [0.5, 0.6) is 0 Å². The fourth-order valence-electron chi connectivity index (χ4n) is 2.78. The molecule has 124 valence electrons. The molecule has 0 radical (unpaired) electrons. The van der Waals surface area contributed by atoms with Gasteiger partial charge in [0, 0.05) is 19.2 Å². The number of nitrogens with zero attached hydrogens (tertiary/aromatic N) is 1. The van der Waals surface area contributed by atoms with Crippen LogP contribution < -0.4 is 10.2 Å². The Balaban J connectivity index is 1.70. The van der Waals surface area contributed by atoms with Crippen molar-refractivity contribution in [2.45, 2.75) is 12.8 Å². The van der Waals surface area contributed by atoms with Gasteiger partial charge in [-0.15, -0.1) is 0 Å². The predicted octanol–water partition coefficient (Wildman–Crippen LogP) is 4.73. The molecule has 2 aromatic rings. The number of anilines is 2. The minimum absolute atomic E-state index is 0.0388. The highest BCUT2D eigenvalue weighted by molar-refractivity contribution is 6.30. The van der Waals surface area contributed by atoms with Crippen molar-refractivity contribution in [3.63, 3.8) is 0 Å². The summed E-state index contributed by atoms with van der Waals surface area (Å²) in [6.07, 6.45) is 5.38. The smallest absolute Gasteiger partial charge is 0.248 e. The van der Waals surface area contributed by atoms with Crippen LogP contribution in [0.1, 0.15) is 18.4 Å². The second kappa shape index (κ2) is 7.49. The van der Waals surface area contributed by atoms with Crippen LogP contribution >= 0.6 is 11.6 Å². The third kappa shape index (κ3) is 3.95. The largest absolute Gasteiger partial charge is 0.370 e. The number of para-hydroxylation sites is 2. The van der Waals surface area contributed by atoms with E-state index in [-0.39, 0.29) is 10.9 Å². The van der Waals surface area contributed by atoms with Crippen molar-refractivity contribution in [3.8, 4) is 0 Å². The van der Waals surface area contributed by atoms with E-state index in [1.165, 1.54) is 31.1 Å². The second-order valence-electron chi connectivity index (χ2n) is 5.71. The average molecular weight is 345 g/mol. The van der Waals surface area contributed by atoms with Gasteiger partial charge in [-0.05, 0) is 48.7 Å². The number of carbonyl (C=O) groups is 1. The first-order valence-corrected chi connectivity index (χ1v) is 8.29. The van der Waals surface area contributed by atoms with Gasteiger partial charge in [0.15, 0.2) is 0 Å². The molecule has 0 aromatic heterocycles. The Morgan fingerprint density at radius 1 is 1.17 bits per heavy atom. The van der Waals surface area contributed by atoms with E-state index in [1.807, 2.05) is 24.3 Å². The molecular formula is C19H18ClFN2O. The Morgan fingerprint density at radius 2 is 1.92 bits per heavy atom. The zero-order chi connectivity index (χ0) is 16.9. The highest BCUT2D eigenvalue weighted by Crippen LogP contribution is 2.28. The first-order valence-electron chi connectivity index (χ1n) is 7.91. The van der Waals surface area contributed by atoms with E-state index in [2.05, 4.69) is 10.2 Å². The highest BCUT2D eigenvalue weighted by Gasteiger charge is 2.15. The summed E-state index contributed by atoms with van der Waals surface area (Å²) in [4.78, 5) is 14.5. The zero-order valence-electron chi connectivity index (χ0n) is 13.1. The maximum atomic E-state index is 13.1. The number of nitrogens with one attached hydrogen (secondary N) is 1. The van der Waals surface area contributed by atoms with Crippen LogP contribution in [0.2, 0.25) is 5.02 Å². The van der Waals surface area contributed by atoms with E-state index in [0.717, 1.165) is 24.5 Å². The maximum absolute atomic E-state index is 13.1. The quantitative estimate of drug-likeness (QED) is 0.813. The van der Waals surface area contributed by atoms with Crippen LogP contribution in [0.25, 0.3) is 6.08 Å². The number of amides is 1. The molecular weight excluding hydrogens is 327 g/mol. The summed E-state index contributed by atoms with van der Waals surface area (Å²) in [5, 5.41) is 2.95. The number of carbonyl (C=O) groups excluding carboxylic acids is 1. The van der Waals surface area contributed by atoms with Crippen LogP contribution in [0.3, 0.4) is 0 Å². The minimum Gasteiger partial charge on any atom is -0.370 e. The number of benzene rings is 2. The number of rotatable bonds is 4. The van der Waals surface area contributed by atoms with Gasteiger partial charge in [0.1, 0.15) is 5.82 Å². The van der Waals surface area contributed by atoms with Crippen LogP contribution in [-0.2, 0) is 4.79 Å². The standard InChI is InChI=1S/C19H18ClFN2O/c20-15-13-14(7-9-16(15)21)8-10-19(24)22-17-5-1-2-6-18(17)23-11-3-4-12-23/h1-2,5-10,13H,3-4,11-12H2,(H,22,24)/b10-8+. The van der Waals surface area contributed by atoms with Crippen LogP contribution in [0.15, 0.2) is 48.5 Å². The molecule has 0 bridgehead atoms. The average Bonchev–Trinajstić information content (AvgIpc) is 3.11. The Bertz CT molecular complexity index is 770. The second-order valence-corrected chi connectivity index (χ2v) is 6.11. The summed E-state index contributed by atoms with van der Waals surface area (Å²) in [6, 6.07) is 12.1. The summed E-state index contributed by atoms with van der Waals surface area (Å²) in [6.45, 7) is 2.02. The number of halogens is 2. The highest BCUT2D eigenvalue weighted by atomic mass is 35.5. The van der Waals surface area contributed by atoms with E-state index in [0.29, 0.717) is 5.56 Å². The molecule has 1 fully saturated rings. The number of hydrogen-bond donors (Lipinski definition) is 1. The lowest BCUT2D eigenvalue weighted by atomic mass is 10.2. The van der Waals surface area contributed by atoms with E-state index < -0.39 is 5.82 Å². The lowest BCUT2D eigenvalue weighted by molar-refractivity contribution is -0.111. The zero-order valence-corrected chi connectivity index (χ0v) is 13.9. The van der Waals surface area contributed by atoms with Crippen molar-refractivity contribution in [2.24, 2.45) is 0 Å². The third-order valence-corrected chi connectivity index (χ3v) is 4.27. The van der Waals surface area contributed by atoms with Gasteiger partial charge >= 0.3 is 0 Å². The van der Waals surface area contributed by atoms with E-state index in [9.17, 15) is 9.18 Å². The summed E-state index contributed by atoms with van der Waals surface area (Å²) in [5.74, 6) is -0.708. The van der Waals surface area contributed by atoms with Gasteiger partial charge in [0.25, 0.3) is 0 Å². The molecule has 3 rings (SSSR count).